The van der Waals surface area contributed by atoms with E-state index in [0.717, 1.165) is 11.1 Å². The van der Waals surface area contributed by atoms with E-state index in [0.29, 0.717) is 42.7 Å². The van der Waals surface area contributed by atoms with Crippen LogP contribution < -0.4 is 9.47 Å². The number of fused-ring (bicyclic) bond motifs is 5. The summed E-state index contributed by atoms with van der Waals surface area (Å²) < 4.78 is 19.3. The Morgan fingerprint density at radius 2 is 1.79 bits per heavy atom. The third-order valence-corrected chi connectivity index (χ3v) is 7.74. The first-order chi connectivity index (χ1) is 18.9. The Morgan fingerprint density at radius 1 is 1.05 bits per heavy atom. The molecule has 3 aliphatic heterocycles. The first-order valence-corrected chi connectivity index (χ1v) is 13.4. The molecule has 1 fully saturated rings. The molecule has 0 amide bonds. The standard InChI is InChI=1S/C32H30O7/c33-24-17-25(21-10-5-2-6-11-21)37-26-18-27-29(31(36)30(24)26)22-16-23(12-7-13-28(34)35)38-32(19-22,39-27)15-14-20-8-3-1-4-9-20/h1-6,8-11,14-15,18,22-23,25,36H,7,12-13,16-17,19H2,(H,34,35)/b15-14+/t22-,23-,25-,32-/m1/s1. The molecule has 1 saturated heterocycles. The first-order valence-electron chi connectivity index (χ1n) is 13.4. The van der Waals surface area contributed by atoms with Gasteiger partial charge in [-0.05, 0) is 36.5 Å². The molecule has 2 N–H and O–H groups in total. The van der Waals surface area contributed by atoms with E-state index in [1.165, 1.54) is 0 Å². The molecule has 0 aliphatic carbocycles. The highest BCUT2D eigenvalue weighted by atomic mass is 16.7. The second-order valence-electron chi connectivity index (χ2n) is 10.5. The Hall–Kier alpha value is -4.10. The molecule has 39 heavy (non-hydrogen) atoms. The molecule has 0 unspecified atom stereocenters. The normalized spacial score (nSPS) is 25.3. The number of Topliss-reactive ketones (excluding diaryl/α,β-unsaturated/α-hetero) is 1. The highest BCUT2D eigenvalue weighted by Gasteiger charge is 2.49. The van der Waals surface area contributed by atoms with Crippen molar-refractivity contribution in [1.29, 1.82) is 0 Å². The van der Waals surface area contributed by atoms with Crippen molar-refractivity contribution in [3.63, 3.8) is 0 Å². The topological polar surface area (TPSA) is 102 Å². The number of carbonyl (C=O) groups excluding carboxylic acids is 1. The first kappa shape index (κ1) is 25.2. The van der Waals surface area contributed by atoms with Crippen molar-refractivity contribution in [2.45, 2.75) is 62.4 Å². The van der Waals surface area contributed by atoms with Crippen LogP contribution in [-0.2, 0) is 9.53 Å². The number of ketones is 1. The fourth-order valence-electron chi connectivity index (χ4n) is 5.98. The van der Waals surface area contributed by atoms with Crippen LogP contribution in [0.5, 0.6) is 17.2 Å². The van der Waals surface area contributed by atoms with Gasteiger partial charge in [-0.3, -0.25) is 9.59 Å². The molecule has 3 heterocycles. The van der Waals surface area contributed by atoms with E-state index in [1.54, 1.807) is 6.07 Å². The van der Waals surface area contributed by atoms with Crippen molar-refractivity contribution in [3.8, 4) is 17.2 Å². The summed E-state index contributed by atoms with van der Waals surface area (Å²) in [5.74, 6) is -1.60. The lowest BCUT2D eigenvalue weighted by Crippen LogP contribution is -2.49. The summed E-state index contributed by atoms with van der Waals surface area (Å²) in [6, 6.07) is 21.1. The van der Waals surface area contributed by atoms with Gasteiger partial charge in [0.1, 0.15) is 28.9 Å². The molecule has 2 bridgehead atoms. The SMILES string of the molecule is O=C(O)CCC[C@@H]1C[C@@H]2C[C@@](/C=C/c3ccccc3)(Oc3cc4c(c(O)c32)C(=O)C[C@H](c2ccccc2)O4)O1. The van der Waals surface area contributed by atoms with Crippen molar-refractivity contribution < 1.29 is 34.0 Å². The zero-order valence-corrected chi connectivity index (χ0v) is 21.4. The molecule has 4 atom stereocenters. The average molecular weight is 527 g/mol. The minimum atomic E-state index is -1.10. The number of phenolic OH excluding ortho intramolecular Hbond substituents is 1. The van der Waals surface area contributed by atoms with Gasteiger partial charge in [0.2, 0.25) is 5.79 Å². The molecule has 7 nitrogen and oxygen atoms in total. The van der Waals surface area contributed by atoms with Gasteiger partial charge in [-0.15, -0.1) is 0 Å². The number of phenols is 1. The highest BCUT2D eigenvalue weighted by molar-refractivity contribution is 6.03. The summed E-state index contributed by atoms with van der Waals surface area (Å²) in [6.07, 6.45) is 5.41. The molecular formula is C32H30O7. The largest absolute Gasteiger partial charge is 0.507 e. The number of carboxylic acids is 1. The minimum absolute atomic E-state index is 0.0575. The van der Waals surface area contributed by atoms with Gasteiger partial charge in [0.05, 0.1) is 12.5 Å². The lowest BCUT2D eigenvalue weighted by Gasteiger charge is -2.47. The van der Waals surface area contributed by atoms with E-state index in [2.05, 4.69) is 0 Å². The lowest BCUT2D eigenvalue weighted by molar-refractivity contribution is -0.220. The number of ether oxygens (including phenoxy) is 3. The molecule has 0 spiro atoms. The number of rotatable bonds is 7. The van der Waals surface area contributed by atoms with E-state index >= 15 is 0 Å². The van der Waals surface area contributed by atoms with Crippen LogP contribution in [0, 0.1) is 0 Å². The molecule has 6 rings (SSSR count). The molecule has 200 valence electrons. The Morgan fingerprint density at radius 3 is 2.54 bits per heavy atom. The van der Waals surface area contributed by atoms with Crippen LogP contribution in [0.1, 0.15) is 77.6 Å². The van der Waals surface area contributed by atoms with Crippen molar-refractivity contribution in [2.75, 3.05) is 0 Å². The van der Waals surface area contributed by atoms with E-state index in [1.807, 2.05) is 72.8 Å². The third-order valence-electron chi connectivity index (χ3n) is 7.74. The fourth-order valence-corrected chi connectivity index (χ4v) is 5.98. The van der Waals surface area contributed by atoms with Crippen molar-refractivity contribution in [3.05, 3.63) is 95.1 Å². The Kier molecular flexibility index (Phi) is 6.61. The van der Waals surface area contributed by atoms with Crippen LogP contribution in [0.4, 0.5) is 0 Å². The summed E-state index contributed by atoms with van der Waals surface area (Å²) in [7, 11) is 0. The van der Waals surface area contributed by atoms with Crippen LogP contribution in [0.3, 0.4) is 0 Å². The molecule has 7 heteroatoms. The number of hydrogen-bond acceptors (Lipinski definition) is 6. The average Bonchev–Trinajstić information content (AvgIpc) is 2.92. The second kappa shape index (κ2) is 10.2. The van der Waals surface area contributed by atoms with Crippen LogP contribution in [0.25, 0.3) is 6.08 Å². The summed E-state index contributed by atoms with van der Waals surface area (Å²) >= 11 is 0. The van der Waals surface area contributed by atoms with Gasteiger partial charge in [0.25, 0.3) is 0 Å². The third kappa shape index (κ3) is 5.02. The van der Waals surface area contributed by atoms with Gasteiger partial charge in [-0.25, -0.2) is 0 Å². The quantitative estimate of drug-likeness (QED) is 0.366. The number of carbonyl (C=O) groups is 2. The van der Waals surface area contributed by atoms with Gasteiger partial charge in [0.15, 0.2) is 5.78 Å². The molecule has 3 aliphatic rings. The van der Waals surface area contributed by atoms with Gasteiger partial charge >= 0.3 is 5.97 Å². The van der Waals surface area contributed by atoms with Gasteiger partial charge in [-0.2, -0.15) is 0 Å². The predicted molar refractivity (Wildman–Crippen MR) is 144 cm³/mol. The van der Waals surface area contributed by atoms with E-state index in [4.69, 9.17) is 19.3 Å². The van der Waals surface area contributed by atoms with Crippen molar-refractivity contribution in [2.24, 2.45) is 0 Å². The maximum Gasteiger partial charge on any atom is 0.303 e. The number of benzene rings is 3. The molecule has 0 aromatic heterocycles. The molecule has 3 aromatic rings. The summed E-state index contributed by atoms with van der Waals surface area (Å²) in [5.41, 5.74) is 2.67. The fraction of sp³-hybridized carbons (Fsp3) is 0.312. The molecular weight excluding hydrogens is 496 g/mol. The molecule has 0 radical (unpaired) electrons. The Bertz CT molecular complexity index is 1420. The number of carboxylic acid groups (broad SMARTS) is 1. The second-order valence-corrected chi connectivity index (χ2v) is 10.5. The van der Waals surface area contributed by atoms with Gasteiger partial charge in [-0.1, -0.05) is 66.7 Å². The summed E-state index contributed by atoms with van der Waals surface area (Å²) in [4.78, 5) is 24.4. The zero-order valence-electron chi connectivity index (χ0n) is 21.4. The monoisotopic (exact) mass is 526 g/mol. The van der Waals surface area contributed by atoms with Gasteiger partial charge in [0, 0.05) is 30.4 Å². The maximum atomic E-state index is 13.3. The number of aromatic hydroxyl groups is 1. The zero-order chi connectivity index (χ0) is 27.0. The molecule has 3 aromatic carbocycles. The lowest BCUT2D eigenvalue weighted by atomic mass is 9.78. The van der Waals surface area contributed by atoms with E-state index < -0.39 is 17.9 Å². The van der Waals surface area contributed by atoms with Gasteiger partial charge < -0.3 is 24.4 Å². The summed E-state index contributed by atoms with van der Waals surface area (Å²) in [5, 5.41) is 20.5. The van der Waals surface area contributed by atoms with Crippen LogP contribution in [0.15, 0.2) is 72.8 Å². The van der Waals surface area contributed by atoms with E-state index in [9.17, 15) is 14.7 Å². The van der Waals surface area contributed by atoms with Crippen LogP contribution in [-0.4, -0.2) is 33.9 Å². The smallest absolute Gasteiger partial charge is 0.303 e. The van der Waals surface area contributed by atoms with Crippen LogP contribution in [0.2, 0.25) is 0 Å². The molecule has 0 saturated carbocycles. The maximum absolute atomic E-state index is 13.3. The summed E-state index contributed by atoms with van der Waals surface area (Å²) in [6.45, 7) is 0. The number of hydrogen-bond donors (Lipinski definition) is 2. The van der Waals surface area contributed by atoms with Crippen molar-refractivity contribution in [1.82, 2.24) is 0 Å². The Labute approximate surface area is 226 Å². The van der Waals surface area contributed by atoms with Crippen LogP contribution >= 0.6 is 0 Å². The highest BCUT2D eigenvalue weighted by Crippen LogP contribution is 2.56. The van der Waals surface area contributed by atoms with E-state index in [-0.39, 0.29) is 42.0 Å². The minimum Gasteiger partial charge on any atom is -0.507 e. The predicted octanol–water partition coefficient (Wildman–Crippen LogP) is 6.42. The van der Waals surface area contributed by atoms with Crippen molar-refractivity contribution >= 4 is 17.8 Å². The Balaban J connectivity index is 1.37. The number of aliphatic carboxylic acids is 1.